The summed E-state index contributed by atoms with van der Waals surface area (Å²) in [5.74, 6) is 0.871. The van der Waals surface area contributed by atoms with Crippen molar-refractivity contribution in [3.8, 4) is 5.75 Å². The Labute approximate surface area is 123 Å². The van der Waals surface area contributed by atoms with Crippen molar-refractivity contribution < 1.29 is 9.47 Å². The Bertz CT molecular complexity index is 342. The Morgan fingerprint density at radius 1 is 0.950 bits per heavy atom. The fourth-order valence-corrected chi connectivity index (χ4v) is 2.07. The fraction of sp³-hybridized carbons (Fsp3) is 0.647. The molecule has 114 valence electrons. The fourth-order valence-electron chi connectivity index (χ4n) is 2.07. The highest BCUT2D eigenvalue weighted by atomic mass is 16.5. The van der Waals surface area contributed by atoms with Crippen LogP contribution in [0.4, 0.5) is 0 Å². The summed E-state index contributed by atoms with van der Waals surface area (Å²) in [6, 6.07) is 7.90. The summed E-state index contributed by atoms with van der Waals surface area (Å²) in [7, 11) is 0. The number of unbranched alkanes of at least 4 members (excludes halogenated alkanes) is 5. The molecule has 2 N–H and O–H groups in total. The van der Waals surface area contributed by atoms with E-state index in [1.165, 1.54) is 32.1 Å². The summed E-state index contributed by atoms with van der Waals surface area (Å²) in [5, 5.41) is 0. The molecule has 0 amide bonds. The molecule has 1 aromatic carbocycles. The van der Waals surface area contributed by atoms with Crippen LogP contribution in [-0.4, -0.2) is 19.8 Å². The molecular formula is C17H29NO2. The van der Waals surface area contributed by atoms with Gasteiger partial charge in [-0.1, -0.05) is 51.2 Å². The third-order valence-electron chi connectivity index (χ3n) is 3.27. The second-order valence-electron chi connectivity index (χ2n) is 5.08. The molecule has 20 heavy (non-hydrogen) atoms. The van der Waals surface area contributed by atoms with Gasteiger partial charge >= 0.3 is 0 Å². The van der Waals surface area contributed by atoms with Crippen molar-refractivity contribution >= 4 is 0 Å². The van der Waals surface area contributed by atoms with Crippen LogP contribution in [0.2, 0.25) is 0 Å². The summed E-state index contributed by atoms with van der Waals surface area (Å²) < 4.78 is 11.2. The van der Waals surface area contributed by atoms with Crippen LogP contribution in [0.3, 0.4) is 0 Å². The molecule has 0 atom stereocenters. The van der Waals surface area contributed by atoms with E-state index >= 15 is 0 Å². The van der Waals surface area contributed by atoms with E-state index in [2.05, 4.69) is 6.92 Å². The molecule has 0 fully saturated rings. The summed E-state index contributed by atoms with van der Waals surface area (Å²) >= 11 is 0. The van der Waals surface area contributed by atoms with Crippen LogP contribution < -0.4 is 10.5 Å². The van der Waals surface area contributed by atoms with Gasteiger partial charge in [0.15, 0.2) is 0 Å². The van der Waals surface area contributed by atoms with Gasteiger partial charge in [0.25, 0.3) is 0 Å². The van der Waals surface area contributed by atoms with Crippen LogP contribution in [0.25, 0.3) is 0 Å². The average Bonchev–Trinajstić information content (AvgIpc) is 2.49. The lowest BCUT2D eigenvalue weighted by atomic mass is 10.1. The molecule has 3 heteroatoms. The van der Waals surface area contributed by atoms with Crippen LogP contribution in [-0.2, 0) is 11.3 Å². The predicted molar refractivity (Wildman–Crippen MR) is 84.0 cm³/mol. The Morgan fingerprint density at radius 3 is 2.55 bits per heavy atom. The normalized spacial score (nSPS) is 10.7. The van der Waals surface area contributed by atoms with Gasteiger partial charge < -0.3 is 15.2 Å². The average molecular weight is 279 g/mol. The second-order valence-corrected chi connectivity index (χ2v) is 5.08. The molecule has 0 aliphatic carbocycles. The first kappa shape index (κ1) is 17.0. The van der Waals surface area contributed by atoms with Gasteiger partial charge in [-0.25, -0.2) is 0 Å². The number of hydrogen-bond acceptors (Lipinski definition) is 3. The molecular weight excluding hydrogens is 250 g/mol. The number of rotatable bonds is 12. The molecule has 0 aromatic heterocycles. The molecule has 1 aromatic rings. The SMILES string of the molecule is CCCCCCCCOCCOc1cccc(CN)c1. The molecule has 0 bridgehead atoms. The van der Waals surface area contributed by atoms with Crippen molar-refractivity contribution in [2.75, 3.05) is 19.8 Å². The minimum absolute atomic E-state index is 0.547. The van der Waals surface area contributed by atoms with Crippen molar-refractivity contribution in [2.45, 2.75) is 52.0 Å². The van der Waals surface area contributed by atoms with Gasteiger partial charge in [-0.05, 0) is 24.1 Å². The molecule has 0 saturated carbocycles. The standard InChI is InChI=1S/C17H29NO2/c1-2-3-4-5-6-7-11-19-12-13-20-17-10-8-9-16(14-17)15-18/h8-10,14H,2-7,11-13,15,18H2,1H3. The lowest BCUT2D eigenvalue weighted by Gasteiger charge is -2.08. The van der Waals surface area contributed by atoms with Crippen molar-refractivity contribution in [3.05, 3.63) is 29.8 Å². The first-order valence-corrected chi connectivity index (χ1v) is 7.86. The molecule has 1 rings (SSSR count). The third-order valence-corrected chi connectivity index (χ3v) is 3.27. The van der Waals surface area contributed by atoms with Crippen LogP contribution >= 0.6 is 0 Å². The van der Waals surface area contributed by atoms with Gasteiger partial charge in [-0.3, -0.25) is 0 Å². The van der Waals surface area contributed by atoms with E-state index in [-0.39, 0.29) is 0 Å². The Kier molecular flexibility index (Phi) is 9.98. The maximum absolute atomic E-state index is 5.63. The van der Waals surface area contributed by atoms with Gasteiger partial charge in [0.1, 0.15) is 12.4 Å². The minimum atomic E-state index is 0.547. The van der Waals surface area contributed by atoms with Crippen LogP contribution in [0.1, 0.15) is 51.0 Å². The number of hydrogen-bond donors (Lipinski definition) is 1. The second kappa shape index (κ2) is 11.7. The topological polar surface area (TPSA) is 44.5 Å². The largest absolute Gasteiger partial charge is 0.491 e. The van der Waals surface area contributed by atoms with Crippen molar-refractivity contribution in [1.82, 2.24) is 0 Å². The Morgan fingerprint density at radius 2 is 1.75 bits per heavy atom. The first-order chi connectivity index (χ1) is 9.86. The van der Waals surface area contributed by atoms with Crippen molar-refractivity contribution in [2.24, 2.45) is 5.73 Å². The summed E-state index contributed by atoms with van der Waals surface area (Å²) in [4.78, 5) is 0. The zero-order valence-electron chi connectivity index (χ0n) is 12.8. The molecule has 3 nitrogen and oxygen atoms in total. The lowest BCUT2D eigenvalue weighted by molar-refractivity contribution is 0.0970. The van der Waals surface area contributed by atoms with Gasteiger partial charge in [-0.15, -0.1) is 0 Å². The highest BCUT2D eigenvalue weighted by Gasteiger charge is 1.96. The lowest BCUT2D eigenvalue weighted by Crippen LogP contribution is -2.08. The predicted octanol–water partition coefficient (Wildman–Crippen LogP) is 3.90. The summed E-state index contributed by atoms with van der Waals surface area (Å²) in [5.41, 5.74) is 6.68. The van der Waals surface area contributed by atoms with Crippen LogP contribution in [0, 0.1) is 0 Å². The highest BCUT2D eigenvalue weighted by Crippen LogP contribution is 2.12. The van der Waals surface area contributed by atoms with Gasteiger partial charge in [0.05, 0.1) is 6.61 Å². The summed E-state index contributed by atoms with van der Waals surface area (Å²) in [6.45, 7) is 4.89. The maximum Gasteiger partial charge on any atom is 0.119 e. The van der Waals surface area contributed by atoms with E-state index in [9.17, 15) is 0 Å². The van der Waals surface area contributed by atoms with Gasteiger partial charge in [-0.2, -0.15) is 0 Å². The zero-order chi connectivity index (χ0) is 14.5. The minimum Gasteiger partial charge on any atom is -0.491 e. The van der Waals surface area contributed by atoms with Crippen molar-refractivity contribution in [3.63, 3.8) is 0 Å². The Balaban J connectivity index is 1.94. The smallest absolute Gasteiger partial charge is 0.119 e. The quantitative estimate of drug-likeness (QED) is 0.590. The van der Waals surface area contributed by atoms with E-state index in [0.717, 1.165) is 24.3 Å². The highest BCUT2D eigenvalue weighted by molar-refractivity contribution is 5.28. The first-order valence-electron chi connectivity index (χ1n) is 7.86. The molecule has 0 aliphatic rings. The van der Waals surface area contributed by atoms with E-state index < -0.39 is 0 Å². The summed E-state index contributed by atoms with van der Waals surface area (Å²) in [6.07, 6.45) is 7.79. The van der Waals surface area contributed by atoms with E-state index in [1.54, 1.807) is 0 Å². The van der Waals surface area contributed by atoms with Crippen LogP contribution in [0.15, 0.2) is 24.3 Å². The zero-order valence-corrected chi connectivity index (χ0v) is 12.8. The van der Waals surface area contributed by atoms with E-state index in [0.29, 0.717) is 19.8 Å². The number of benzene rings is 1. The molecule has 0 aliphatic heterocycles. The molecule has 0 radical (unpaired) electrons. The monoisotopic (exact) mass is 279 g/mol. The molecule has 0 heterocycles. The molecule has 0 unspecified atom stereocenters. The van der Waals surface area contributed by atoms with Crippen LogP contribution in [0.5, 0.6) is 5.75 Å². The Hall–Kier alpha value is -1.06. The van der Waals surface area contributed by atoms with Crippen molar-refractivity contribution in [1.29, 1.82) is 0 Å². The third kappa shape index (κ3) is 8.18. The van der Waals surface area contributed by atoms with E-state index in [1.807, 2.05) is 24.3 Å². The number of nitrogens with two attached hydrogens (primary N) is 1. The van der Waals surface area contributed by atoms with Gasteiger partial charge in [0, 0.05) is 13.2 Å². The molecule has 0 spiro atoms. The molecule has 0 saturated heterocycles. The number of ether oxygens (including phenoxy) is 2. The maximum atomic E-state index is 5.63. The van der Waals surface area contributed by atoms with Gasteiger partial charge in [0.2, 0.25) is 0 Å². The van der Waals surface area contributed by atoms with E-state index in [4.69, 9.17) is 15.2 Å².